The molecule has 0 atom stereocenters. The van der Waals surface area contributed by atoms with Gasteiger partial charge in [-0.05, 0) is 6.07 Å². The second-order valence-corrected chi connectivity index (χ2v) is 3.67. The first-order chi connectivity index (χ1) is 9.06. The number of nitrogen functional groups attached to an aromatic ring is 1. The van der Waals surface area contributed by atoms with Crippen molar-refractivity contribution in [3.63, 3.8) is 0 Å². The van der Waals surface area contributed by atoms with Crippen LogP contribution in [0.25, 0.3) is 11.3 Å². The molecule has 19 heavy (non-hydrogen) atoms. The molecule has 0 aliphatic carbocycles. The summed E-state index contributed by atoms with van der Waals surface area (Å²) in [6.07, 6.45) is 0. The van der Waals surface area contributed by atoms with Gasteiger partial charge in [0.2, 0.25) is 0 Å². The van der Waals surface area contributed by atoms with Crippen molar-refractivity contribution >= 4 is 11.8 Å². The normalized spacial score (nSPS) is 10.2. The molecular formula is C12H12N2O5. The molecule has 7 heteroatoms. The third kappa shape index (κ3) is 2.30. The Morgan fingerprint density at radius 1 is 1.26 bits per heavy atom. The highest BCUT2D eigenvalue weighted by Gasteiger charge is 2.19. The van der Waals surface area contributed by atoms with Crippen molar-refractivity contribution < 1.29 is 23.9 Å². The standard InChI is InChI=1S/C12H12N2O5/c1-17-8-4-9(18-2)7(12(15)16)3-6(8)10-5-11(13)14-19-10/h3-5H,1-2H3,(H2,13,14)(H,15,16). The van der Waals surface area contributed by atoms with E-state index in [1.807, 2.05) is 0 Å². The number of carbonyl (C=O) groups is 1. The molecule has 0 radical (unpaired) electrons. The zero-order valence-corrected chi connectivity index (χ0v) is 10.3. The Bertz CT molecular complexity index is 621. The molecule has 0 fully saturated rings. The number of methoxy groups -OCH3 is 2. The quantitative estimate of drug-likeness (QED) is 0.864. The molecule has 0 saturated heterocycles. The fourth-order valence-electron chi connectivity index (χ4n) is 1.67. The average molecular weight is 264 g/mol. The molecule has 1 heterocycles. The van der Waals surface area contributed by atoms with Gasteiger partial charge < -0.3 is 24.8 Å². The number of hydrogen-bond acceptors (Lipinski definition) is 6. The Labute approximate surface area is 108 Å². The van der Waals surface area contributed by atoms with Gasteiger partial charge in [0.1, 0.15) is 17.1 Å². The number of aromatic carboxylic acids is 1. The first-order valence-electron chi connectivity index (χ1n) is 5.28. The van der Waals surface area contributed by atoms with Crippen molar-refractivity contribution in [1.82, 2.24) is 5.16 Å². The highest BCUT2D eigenvalue weighted by atomic mass is 16.5. The Morgan fingerprint density at radius 3 is 2.42 bits per heavy atom. The maximum atomic E-state index is 11.2. The van der Waals surface area contributed by atoms with Crippen molar-refractivity contribution in [1.29, 1.82) is 0 Å². The highest BCUT2D eigenvalue weighted by Crippen LogP contribution is 2.36. The Hall–Kier alpha value is -2.70. The molecule has 1 aromatic carbocycles. The molecule has 1 aromatic heterocycles. The number of hydrogen-bond donors (Lipinski definition) is 2. The van der Waals surface area contributed by atoms with Gasteiger partial charge in [-0.3, -0.25) is 0 Å². The van der Waals surface area contributed by atoms with Crippen LogP contribution in [-0.4, -0.2) is 30.5 Å². The van der Waals surface area contributed by atoms with Crippen LogP contribution >= 0.6 is 0 Å². The Kier molecular flexibility index (Phi) is 3.28. The van der Waals surface area contributed by atoms with E-state index in [0.717, 1.165) is 0 Å². The molecule has 3 N–H and O–H groups in total. The van der Waals surface area contributed by atoms with Crippen molar-refractivity contribution in [2.75, 3.05) is 20.0 Å². The van der Waals surface area contributed by atoms with Crippen molar-refractivity contribution in [2.24, 2.45) is 0 Å². The van der Waals surface area contributed by atoms with E-state index in [9.17, 15) is 4.79 Å². The van der Waals surface area contributed by atoms with Crippen LogP contribution in [0.4, 0.5) is 5.82 Å². The van der Waals surface area contributed by atoms with Gasteiger partial charge in [0.25, 0.3) is 0 Å². The molecule has 0 amide bonds. The van der Waals surface area contributed by atoms with E-state index in [-0.39, 0.29) is 17.1 Å². The molecule has 2 aromatic rings. The average Bonchev–Trinajstić information content (AvgIpc) is 2.83. The van der Waals surface area contributed by atoms with E-state index in [2.05, 4.69) is 5.16 Å². The molecular weight excluding hydrogens is 252 g/mol. The van der Waals surface area contributed by atoms with E-state index in [1.165, 1.54) is 32.4 Å². The predicted octanol–water partition coefficient (Wildman–Crippen LogP) is 1.64. The fourth-order valence-corrected chi connectivity index (χ4v) is 1.67. The summed E-state index contributed by atoms with van der Waals surface area (Å²) in [6.45, 7) is 0. The number of ether oxygens (including phenoxy) is 2. The number of carboxylic acids is 1. The minimum absolute atomic E-state index is 0.00623. The summed E-state index contributed by atoms with van der Waals surface area (Å²) in [4.78, 5) is 11.2. The van der Waals surface area contributed by atoms with Crippen molar-refractivity contribution in [3.05, 3.63) is 23.8 Å². The topological polar surface area (TPSA) is 108 Å². The van der Waals surface area contributed by atoms with Gasteiger partial charge in [-0.15, -0.1) is 0 Å². The number of anilines is 1. The molecule has 0 saturated carbocycles. The lowest BCUT2D eigenvalue weighted by molar-refractivity contribution is 0.0693. The zero-order valence-electron chi connectivity index (χ0n) is 10.3. The van der Waals surface area contributed by atoms with Crippen LogP contribution in [0.2, 0.25) is 0 Å². The van der Waals surface area contributed by atoms with E-state index >= 15 is 0 Å². The van der Waals surface area contributed by atoms with Crippen LogP contribution in [0.5, 0.6) is 11.5 Å². The number of benzene rings is 1. The lowest BCUT2D eigenvalue weighted by atomic mass is 10.1. The number of nitrogens with two attached hydrogens (primary N) is 1. The molecule has 2 rings (SSSR count). The van der Waals surface area contributed by atoms with Gasteiger partial charge in [0.05, 0.1) is 19.8 Å². The van der Waals surface area contributed by atoms with Gasteiger partial charge in [0, 0.05) is 12.1 Å². The second-order valence-electron chi connectivity index (χ2n) is 3.67. The first-order valence-corrected chi connectivity index (χ1v) is 5.28. The van der Waals surface area contributed by atoms with Gasteiger partial charge >= 0.3 is 5.97 Å². The molecule has 0 aliphatic heterocycles. The summed E-state index contributed by atoms with van der Waals surface area (Å²) in [5.74, 6) is -0.00363. The van der Waals surface area contributed by atoms with Crippen LogP contribution in [0.3, 0.4) is 0 Å². The summed E-state index contributed by atoms with van der Waals surface area (Å²) in [6, 6.07) is 4.34. The minimum Gasteiger partial charge on any atom is -0.496 e. The van der Waals surface area contributed by atoms with Crippen LogP contribution in [0.1, 0.15) is 10.4 Å². The number of carboxylic acid groups (broad SMARTS) is 1. The third-order valence-corrected chi connectivity index (χ3v) is 2.55. The summed E-state index contributed by atoms with van der Waals surface area (Å²) < 4.78 is 15.2. The van der Waals surface area contributed by atoms with Gasteiger partial charge in [-0.2, -0.15) is 0 Å². The summed E-state index contributed by atoms with van der Waals surface area (Å²) in [5.41, 5.74) is 5.90. The van der Waals surface area contributed by atoms with Gasteiger partial charge in [-0.25, -0.2) is 4.79 Å². The number of aromatic nitrogens is 1. The van der Waals surface area contributed by atoms with E-state index in [4.69, 9.17) is 24.8 Å². The van der Waals surface area contributed by atoms with Gasteiger partial charge in [0.15, 0.2) is 11.6 Å². The molecule has 0 unspecified atom stereocenters. The van der Waals surface area contributed by atoms with Crippen LogP contribution in [-0.2, 0) is 0 Å². The van der Waals surface area contributed by atoms with Crippen molar-refractivity contribution in [2.45, 2.75) is 0 Å². The van der Waals surface area contributed by atoms with Crippen LogP contribution < -0.4 is 15.2 Å². The zero-order chi connectivity index (χ0) is 14.0. The largest absolute Gasteiger partial charge is 0.496 e. The summed E-state index contributed by atoms with van der Waals surface area (Å²) in [5, 5.41) is 12.7. The molecule has 7 nitrogen and oxygen atoms in total. The molecule has 0 aliphatic rings. The Morgan fingerprint density at radius 2 is 1.95 bits per heavy atom. The lowest BCUT2D eigenvalue weighted by Gasteiger charge is -2.11. The first kappa shape index (κ1) is 12.7. The molecule has 0 spiro atoms. The molecule has 100 valence electrons. The predicted molar refractivity (Wildman–Crippen MR) is 66.4 cm³/mol. The van der Waals surface area contributed by atoms with Crippen LogP contribution in [0, 0.1) is 0 Å². The maximum Gasteiger partial charge on any atom is 0.339 e. The fraction of sp³-hybridized carbons (Fsp3) is 0.167. The smallest absolute Gasteiger partial charge is 0.339 e. The van der Waals surface area contributed by atoms with Crippen molar-refractivity contribution in [3.8, 4) is 22.8 Å². The minimum atomic E-state index is -1.12. The van der Waals surface area contributed by atoms with Gasteiger partial charge in [-0.1, -0.05) is 5.16 Å². The molecule has 0 bridgehead atoms. The summed E-state index contributed by atoms with van der Waals surface area (Å²) in [7, 11) is 2.84. The number of rotatable bonds is 4. The highest BCUT2D eigenvalue weighted by molar-refractivity contribution is 5.93. The van der Waals surface area contributed by atoms with E-state index < -0.39 is 5.97 Å². The van der Waals surface area contributed by atoms with E-state index in [0.29, 0.717) is 17.1 Å². The maximum absolute atomic E-state index is 11.2. The monoisotopic (exact) mass is 264 g/mol. The van der Waals surface area contributed by atoms with Crippen LogP contribution in [0.15, 0.2) is 22.7 Å². The number of nitrogens with zero attached hydrogens (tertiary/aromatic N) is 1. The second kappa shape index (κ2) is 4.89. The Balaban J connectivity index is 2.65. The third-order valence-electron chi connectivity index (χ3n) is 2.55. The SMILES string of the molecule is COc1cc(OC)c(-c2cc(N)no2)cc1C(=O)O. The summed E-state index contributed by atoms with van der Waals surface area (Å²) >= 11 is 0. The van der Waals surface area contributed by atoms with E-state index in [1.54, 1.807) is 0 Å². The lowest BCUT2D eigenvalue weighted by Crippen LogP contribution is -2.02.